The number of hydrogen-bond acceptors (Lipinski definition) is 0. The Morgan fingerprint density at radius 1 is 1.00 bits per heavy atom. The van der Waals surface area contributed by atoms with Crippen molar-refractivity contribution in [1.82, 2.24) is 0 Å². The van der Waals surface area contributed by atoms with Gasteiger partial charge in [0, 0.05) is 0 Å². The van der Waals surface area contributed by atoms with Gasteiger partial charge in [0.15, 0.2) is 0 Å². The van der Waals surface area contributed by atoms with E-state index >= 15 is 0 Å². The van der Waals surface area contributed by atoms with Crippen molar-refractivity contribution in [2.75, 3.05) is 0 Å². The molecule has 0 aromatic heterocycles. The Hall–Kier alpha value is -1.04. The van der Waals surface area contributed by atoms with Crippen molar-refractivity contribution < 1.29 is 0 Å². The third-order valence-corrected chi connectivity index (χ3v) is 5.87. The average Bonchev–Trinajstić information content (AvgIpc) is 2.52. The highest BCUT2D eigenvalue weighted by Gasteiger charge is 2.29. The number of aryl methyl sites for hydroxylation is 2. The fourth-order valence-electron chi connectivity index (χ4n) is 4.55. The standard InChI is InChI=1S/C24H38/c1-7-9-10-11-20-14-19(6)24-21(16-20)15-18(5)23(22(24)8-2)13-12-17(3)4/h14-17,22-23H,7-13H2,1-6H3. The first-order valence-corrected chi connectivity index (χ1v) is 10.3. The van der Waals surface area contributed by atoms with E-state index < -0.39 is 0 Å². The molecule has 2 rings (SSSR count). The van der Waals surface area contributed by atoms with Crippen LogP contribution in [0, 0.1) is 18.8 Å². The Bertz CT molecular complexity index is 562. The second kappa shape index (κ2) is 8.88. The lowest BCUT2D eigenvalue weighted by atomic mass is 9.70. The quantitative estimate of drug-likeness (QED) is 0.429. The van der Waals surface area contributed by atoms with Gasteiger partial charge >= 0.3 is 0 Å². The minimum atomic E-state index is 0.716. The summed E-state index contributed by atoms with van der Waals surface area (Å²) < 4.78 is 0. The van der Waals surface area contributed by atoms with Crippen LogP contribution < -0.4 is 0 Å². The van der Waals surface area contributed by atoms with Gasteiger partial charge in [0.1, 0.15) is 0 Å². The van der Waals surface area contributed by atoms with Crippen molar-refractivity contribution in [3.8, 4) is 0 Å². The zero-order valence-corrected chi connectivity index (χ0v) is 16.9. The lowest BCUT2D eigenvalue weighted by molar-refractivity contribution is 0.394. The van der Waals surface area contributed by atoms with Crippen molar-refractivity contribution in [3.63, 3.8) is 0 Å². The van der Waals surface area contributed by atoms with Crippen LogP contribution in [0.3, 0.4) is 0 Å². The number of hydrogen-bond donors (Lipinski definition) is 0. The molecule has 1 aliphatic carbocycles. The Balaban J connectivity index is 2.29. The summed E-state index contributed by atoms with van der Waals surface area (Å²) in [5, 5.41) is 0. The zero-order valence-electron chi connectivity index (χ0n) is 16.9. The van der Waals surface area contributed by atoms with Crippen LogP contribution in [-0.2, 0) is 6.42 Å². The van der Waals surface area contributed by atoms with Crippen LogP contribution >= 0.6 is 0 Å². The summed E-state index contributed by atoms with van der Waals surface area (Å²) in [6.07, 6.45) is 11.7. The topological polar surface area (TPSA) is 0 Å². The first kappa shape index (κ1) is 19.3. The highest BCUT2D eigenvalue weighted by atomic mass is 14.3. The molecule has 0 amide bonds. The third kappa shape index (κ3) is 4.52. The van der Waals surface area contributed by atoms with Crippen LogP contribution in [0.25, 0.3) is 6.08 Å². The van der Waals surface area contributed by atoms with Crippen molar-refractivity contribution in [2.24, 2.45) is 11.8 Å². The molecule has 0 N–H and O–H groups in total. The second-order valence-corrected chi connectivity index (χ2v) is 8.35. The number of benzene rings is 1. The molecule has 24 heavy (non-hydrogen) atoms. The van der Waals surface area contributed by atoms with Crippen LogP contribution in [0.4, 0.5) is 0 Å². The molecule has 2 unspecified atom stereocenters. The normalized spacial score (nSPS) is 20.2. The molecule has 0 bridgehead atoms. The lowest BCUT2D eigenvalue weighted by Gasteiger charge is -2.35. The van der Waals surface area contributed by atoms with Crippen molar-refractivity contribution in [3.05, 3.63) is 40.0 Å². The second-order valence-electron chi connectivity index (χ2n) is 8.35. The smallest absolute Gasteiger partial charge is 0.00904 e. The van der Waals surface area contributed by atoms with Gasteiger partial charge in [-0.25, -0.2) is 0 Å². The summed E-state index contributed by atoms with van der Waals surface area (Å²) in [6, 6.07) is 4.97. The van der Waals surface area contributed by atoms with Crippen molar-refractivity contribution >= 4 is 6.08 Å². The maximum absolute atomic E-state index is 2.50. The molecule has 134 valence electrons. The summed E-state index contributed by atoms with van der Waals surface area (Å²) >= 11 is 0. The molecule has 0 radical (unpaired) electrons. The highest BCUT2D eigenvalue weighted by molar-refractivity contribution is 5.64. The first-order chi connectivity index (χ1) is 11.5. The maximum atomic E-state index is 2.50. The number of unbranched alkanes of at least 4 members (excludes halogenated alkanes) is 2. The van der Waals surface area contributed by atoms with Gasteiger partial charge in [-0.05, 0) is 79.5 Å². The Morgan fingerprint density at radius 3 is 2.38 bits per heavy atom. The van der Waals surface area contributed by atoms with E-state index in [1.807, 2.05) is 0 Å². The molecule has 0 saturated carbocycles. The van der Waals surface area contributed by atoms with Gasteiger partial charge in [-0.2, -0.15) is 0 Å². The Labute approximate surface area is 150 Å². The molecule has 0 fully saturated rings. The molecule has 0 spiro atoms. The SMILES string of the molecule is CCCCCc1cc(C)c2c(c1)C=C(C)C(CCC(C)C)C2CC. The molecule has 1 aliphatic rings. The molecule has 0 heterocycles. The zero-order chi connectivity index (χ0) is 17.7. The van der Waals surface area contributed by atoms with Crippen molar-refractivity contribution in [1.29, 1.82) is 0 Å². The minimum Gasteiger partial charge on any atom is -0.0690 e. The lowest BCUT2D eigenvalue weighted by Crippen LogP contribution is -2.20. The number of allylic oxidation sites excluding steroid dienone is 1. The minimum absolute atomic E-state index is 0.716. The van der Waals surface area contributed by atoms with Crippen LogP contribution in [0.15, 0.2) is 17.7 Å². The first-order valence-electron chi connectivity index (χ1n) is 10.3. The fourth-order valence-corrected chi connectivity index (χ4v) is 4.55. The molecule has 0 saturated heterocycles. The molecule has 1 aromatic rings. The van der Waals surface area contributed by atoms with E-state index in [2.05, 4.69) is 59.8 Å². The summed E-state index contributed by atoms with van der Waals surface area (Å²) in [5.74, 6) is 2.27. The van der Waals surface area contributed by atoms with E-state index in [9.17, 15) is 0 Å². The molecule has 0 nitrogen and oxygen atoms in total. The maximum Gasteiger partial charge on any atom is -0.00904 e. The molecular formula is C24H38. The van der Waals surface area contributed by atoms with Crippen LogP contribution in [0.2, 0.25) is 0 Å². The average molecular weight is 327 g/mol. The third-order valence-electron chi connectivity index (χ3n) is 5.87. The van der Waals surface area contributed by atoms with Gasteiger partial charge in [0.2, 0.25) is 0 Å². The van der Waals surface area contributed by atoms with Gasteiger partial charge in [-0.1, -0.05) is 70.7 Å². The van der Waals surface area contributed by atoms with Gasteiger partial charge in [0.25, 0.3) is 0 Å². The van der Waals surface area contributed by atoms with E-state index in [-0.39, 0.29) is 0 Å². The van der Waals surface area contributed by atoms with Gasteiger partial charge in [-0.15, -0.1) is 0 Å². The number of fused-ring (bicyclic) bond motifs is 1. The predicted octanol–water partition coefficient (Wildman–Crippen LogP) is 7.69. The molecule has 2 atom stereocenters. The largest absolute Gasteiger partial charge is 0.0690 e. The van der Waals surface area contributed by atoms with Crippen molar-refractivity contribution in [2.45, 2.75) is 92.4 Å². The van der Waals surface area contributed by atoms with Gasteiger partial charge in [-0.3, -0.25) is 0 Å². The number of rotatable bonds is 8. The summed E-state index contributed by atoms with van der Waals surface area (Å²) in [5.41, 5.74) is 7.85. The van der Waals surface area contributed by atoms with Crippen LogP contribution in [-0.4, -0.2) is 0 Å². The fraction of sp³-hybridized carbons (Fsp3) is 0.667. The van der Waals surface area contributed by atoms with E-state index in [1.54, 1.807) is 16.7 Å². The van der Waals surface area contributed by atoms with Crippen LogP contribution in [0.5, 0.6) is 0 Å². The van der Waals surface area contributed by atoms with E-state index in [1.165, 1.54) is 56.1 Å². The predicted molar refractivity (Wildman–Crippen MR) is 109 cm³/mol. The monoisotopic (exact) mass is 326 g/mol. The van der Waals surface area contributed by atoms with E-state index in [0.717, 1.165) is 11.8 Å². The summed E-state index contributed by atoms with van der Waals surface area (Å²) in [6.45, 7) is 14.1. The van der Waals surface area contributed by atoms with Crippen LogP contribution in [0.1, 0.15) is 101 Å². The van der Waals surface area contributed by atoms with E-state index in [4.69, 9.17) is 0 Å². The highest BCUT2D eigenvalue weighted by Crippen LogP contribution is 2.44. The molecule has 1 aromatic carbocycles. The van der Waals surface area contributed by atoms with Gasteiger partial charge < -0.3 is 0 Å². The molecular weight excluding hydrogens is 288 g/mol. The summed E-state index contributed by atoms with van der Waals surface area (Å²) in [4.78, 5) is 0. The summed E-state index contributed by atoms with van der Waals surface area (Å²) in [7, 11) is 0. The Kier molecular flexibility index (Phi) is 7.14. The Morgan fingerprint density at radius 2 is 1.75 bits per heavy atom. The molecule has 0 aliphatic heterocycles. The van der Waals surface area contributed by atoms with Gasteiger partial charge in [0.05, 0.1) is 0 Å². The van der Waals surface area contributed by atoms with E-state index in [0.29, 0.717) is 5.92 Å². The molecule has 0 heteroatoms.